The minimum atomic E-state index is -0.233. The van der Waals surface area contributed by atoms with Crippen molar-refractivity contribution >= 4 is 29.1 Å². The quantitative estimate of drug-likeness (QED) is 0.649. The van der Waals surface area contributed by atoms with Crippen molar-refractivity contribution in [1.82, 2.24) is 4.98 Å². The van der Waals surface area contributed by atoms with Gasteiger partial charge >= 0.3 is 0 Å². The molecule has 0 aliphatic carbocycles. The first kappa shape index (κ1) is 17.9. The number of amides is 1. The fourth-order valence-electron chi connectivity index (χ4n) is 2.35. The summed E-state index contributed by atoms with van der Waals surface area (Å²) in [5, 5.41) is 3.50. The Kier molecular flexibility index (Phi) is 5.49. The number of carbonyl (C=O) groups excluding carboxylic acids is 2. The van der Waals surface area contributed by atoms with Crippen LogP contribution in [0.25, 0.3) is 0 Å². The molecule has 0 saturated heterocycles. The first-order valence-corrected chi connectivity index (χ1v) is 8.96. The number of carbonyl (C=O) groups is 2. The van der Waals surface area contributed by atoms with Gasteiger partial charge in [0.15, 0.2) is 5.78 Å². The Bertz CT molecular complexity index is 935. The van der Waals surface area contributed by atoms with Crippen LogP contribution in [0.1, 0.15) is 33.2 Å². The predicted octanol–water partition coefficient (Wildman–Crippen LogP) is 5.00. The number of hydrogen-bond donors (Lipinski definition) is 1. The van der Waals surface area contributed by atoms with Crippen LogP contribution >= 0.6 is 11.8 Å². The maximum Gasteiger partial charge on any atom is 0.258 e. The second-order valence-electron chi connectivity index (χ2n) is 5.86. The second-order valence-corrected chi connectivity index (χ2v) is 6.92. The maximum absolute atomic E-state index is 12.7. The molecule has 3 aromatic rings. The van der Waals surface area contributed by atoms with Crippen molar-refractivity contribution in [3.8, 4) is 0 Å². The molecule has 26 heavy (non-hydrogen) atoms. The third-order valence-corrected chi connectivity index (χ3v) is 4.83. The summed E-state index contributed by atoms with van der Waals surface area (Å²) in [6.07, 6.45) is 1.68. The molecule has 0 fully saturated rings. The van der Waals surface area contributed by atoms with Gasteiger partial charge in [0, 0.05) is 22.3 Å². The zero-order valence-corrected chi connectivity index (χ0v) is 15.3. The Morgan fingerprint density at radius 2 is 1.65 bits per heavy atom. The lowest BCUT2D eigenvalue weighted by Crippen LogP contribution is -2.13. The monoisotopic (exact) mass is 362 g/mol. The standard InChI is InChI=1S/C21H18N2O2S/c1-14-5-11-18(12-6-14)26-21-19(4-3-13-22-21)20(25)23-17-9-7-16(8-10-17)15(2)24/h3-13H,1-2H3,(H,23,25). The van der Waals surface area contributed by atoms with Crippen LogP contribution < -0.4 is 5.32 Å². The van der Waals surface area contributed by atoms with Crippen LogP contribution in [0.5, 0.6) is 0 Å². The Labute approximate surface area is 156 Å². The van der Waals surface area contributed by atoms with E-state index in [1.807, 2.05) is 31.2 Å². The molecule has 5 heteroatoms. The molecule has 0 radical (unpaired) electrons. The molecule has 0 unspecified atom stereocenters. The van der Waals surface area contributed by atoms with Gasteiger partial charge in [-0.15, -0.1) is 0 Å². The van der Waals surface area contributed by atoms with E-state index in [9.17, 15) is 9.59 Å². The van der Waals surface area contributed by atoms with Gasteiger partial charge in [-0.25, -0.2) is 4.98 Å². The van der Waals surface area contributed by atoms with E-state index < -0.39 is 0 Å². The molecule has 4 nitrogen and oxygen atoms in total. The van der Waals surface area contributed by atoms with Gasteiger partial charge in [0.25, 0.3) is 5.91 Å². The fourth-order valence-corrected chi connectivity index (χ4v) is 3.23. The molecule has 0 spiro atoms. The summed E-state index contributed by atoms with van der Waals surface area (Å²) in [7, 11) is 0. The summed E-state index contributed by atoms with van der Waals surface area (Å²) in [6, 6.07) is 18.4. The minimum absolute atomic E-state index is 0.00748. The van der Waals surface area contributed by atoms with E-state index in [0.29, 0.717) is 21.8 Å². The van der Waals surface area contributed by atoms with Crippen molar-refractivity contribution in [2.75, 3.05) is 5.32 Å². The van der Waals surface area contributed by atoms with E-state index in [2.05, 4.69) is 10.3 Å². The molecule has 2 aromatic carbocycles. The van der Waals surface area contributed by atoms with Gasteiger partial charge < -0.3 is 5.32 Å². The average molecular weight is 362 g/mol. The Hall–Kier alpha value is -2.92. The van der Waals surface area contributed by atoms with E-state index in [-0.39, 0.29) is 11.7 Å². The van der Waals surface area contributed by atoms with E-state index >= 15 is 0 Å². The van der Waals surface area contributed by atoms with E-state index in [1.54, 1.807) is 42.6 Å². The smallest absolute Gasteiger partial charge is 0.258 e. The number of pyridine rings is 1. The van der Waals surface area contributed by atoms with Crippen molar-refractivity contribution in [3.05, 3.63) is 83.6 Å². The Morgan fingerprint density at radius 1 is 0.962 bits per heavy atom. The van der Waals surface area contributed by atoms with Gasteiger partial charge in [-0.3, -0.25) is 9.59 Å². The van der Waals surface area contributed by atoms with Crippen molar-refractivity contribution in [3.63, 3.8) is 0 Å². The first-order chi connectivity index (χ1) is 12.5. The van der Waals surface area contributed by atoms with Crippen LogP contribution in [0.4, 0.5) is 5.69 Å². The lowest BCUT2D eigenvalue weighted by Gasteiger charge is -2.09. The van der Waals surface area contributed by atoms with Crippen LogP contribution in [0.3, 0.4) is 0 Å². The molecule has 0 atom stereocenters. The van der Waals surface area contributed by atoms with E-state index in [4.69, 9.17) is 0 Å². The molecule has 1 aromatic heterocycles. The molecule has 3 rings (SSSR count). The molecule has 1 N–H and O–H groups in total. The number of anilines is 1. The van der Waals surface area contributed by atoms with Crippen molar-refractivity contribution in [2.45, 2.75) is 23.8 Å². The van der Waals surface area contributed by atoms with Crippen LogP contribution in [-0.4, -0.2) is 16.7 Å². The average Bonchev–Trinajstić information content (AvgIpc) is 2.64. The molecule has 130 valence electrons. The summed E-state index contributed by atoms with van der Waals surface area (Å²) in [6.45, 7) is 3.54. The molecular formula is C21H18N2O2S. The summed E-state index contributed by atoms with van der Waals surface area (Å²) >= 11 is 1.45. The van der Waals surface area contributed by atoms with Gasteiger partial charge in [0.2, 0.25) is 0 Å². The van der Waals surface area contributed by atoms with Crippen molar-refractivity contribution in [2.24, 2.45) is 0 Å². The number of rotatable bonds is 5. The summed E-state index contributed by atoms with van der Waals surface area (Å²) in [5.74, 6) is -0.241. The summed E-state index contributed by atoms with van der Waals surface area (Å²) in [4.78, 5) is 29.4. The van der Waals surface area contributed by atoms with Gasteiger partial charge in [0.05, 0.1) is 5.56 Å². The molecule has 0 aliphatic heterocycles. The lowest BCUT2D eigenvalue weighted by molar-refractivity contribution is 0.101. The van der Waals surface area contributed by atoms with Crippen molar-refractivity contribution in [1.29, 1.82) is 0 Å². The largest absolute Gasteiger partial charge is 0.322 e. The van der Waals surface area contributed by atoms with Crippen LogP contribution in [0.15, 0.2) is 76.8 Å². The summed E-state index contributed by atoms with van der Waals surface area (Å²) in [5.41, 5.74) is 2.94. The number of nitrogens with one attached hydrogen (secondary N) is 1. The predicted molar refractivity (Wildman–Crippen MR) is 104 cm³/mol. The van der Waals surface area contributed by atoms with Crippen LogP contribution in [0, 0.1) is 6.92 Å². The Balaban J connectivity index is 1.79. The van der Waals surface area contributed by atoms with Gasteiger partial charge in [-0.05, 0) is 62.4 Å². The third-order valence-electron chi connectivity index (χ3n) is 3.80. The summed E-state index contributed by atoms with van der Waals surface area (Å²) < 4.78 is 0. The van der Waals surface area contributed by atoms with Crippen LogP contribution in [-0.2, 0) is 0 Å². The maximum atomic E-state index is 12.7. The minimum Gasteiger partial charge on any atom is -0.322 e. The zero-order valence-electron chi connectivity index (χ0n) is 14.5. The third kappa shape index (κ3) is 4.37. The SMILES string of the molecule is CC(=O)c1ccc(NC(=O)c2cccnc2Sc2ccc(C)cc2)cc1. The molecular weight excluding hydrogens is 344 g/mol. The van der Waals surface area contributed by atoms with Gasteiger partial charge in [0.1, 0.15) is 5.03 Å². The van der Waals surface area contributed by atoms with Crippen molar-refractivity contribution < 1.29 is 9.59 Å². The highest BCUT2D eigenvalue weighted by Gasteiger charge is 2.14. The highest BCUT2D eigenvalue weighted by molar-refractivity contribution is 7.99. The van der Waals surface area contributed by atoms with E-state index in [1.165, 1.54) is 24.2 Å². The molecule has 1 amide bonds. The number of aromatic nitrogens is 1. The van der Waals surface area contributed by atoms with Crippen LogP contribution in [0.2, 0.25) is 0 Å². The fraction of sp³-hybridized carbons (Fsp3) is 0.0952. The molecule has 0 saturated carbocycles. The normalized spacial score (nSPS) is 10.4. The highest BCUT2D eigenvalue weighted by Crippen LogP contribution is 2.29. The molecule has 1 heterocycles. The lowest BCUT2D eigenvalue weighted by atomic mass is 10.1. The second kappa shape index (κ2) is 7.97. The van der Waals surface area contributed by atoms with Gasteiger partial charge in [-0.2, -0.15) is 0 Å². The molecule has 0 bridgehead atoms. The number of aryl methyl sites for hydroxylation is 1. The molecule has 0 aliphatic rings. The number of ketones is 1. The first-order valence-electron chi connectivity index (χ1n) is 8.15. The van der Waals surface area contributed by atoms with E-state index in [0.717, 1.165) is 4.90 Å². The highest BCUT2D eigenvalue weighted by atomic mass is 32.2. The van der Waals surface area contributed by atoms with Gasteiger partial charge in [-0.1, -0.05) is 29.5 Å². The Morgan fingerprint density at radius 3 is 2.31 bits per heavy atom. The number of nitrogens with zero attached hydrogens (tertiary/aromatic N) is 1. The topological polar surface area (TPSA) is 59.1 Å². The number of Topliss-reactive ketones (excluding diaryl/α,β-unsaturated/α-hetero) is 1. The zero-order chi connectivity index (χ0) is 18.5. The number of hydrogen-bond acceptors (Lipinski definition) is 4. The number of benzene rings is 2.